The van der Waals surface area contributed by atoms with Crippen LogP contribution < -0.4 is 4.74 Å². The van der Waals surface area contributed by atoms with Gasteiger partial charge in [0.15, 0.2) is 5.78 Å². The fourth-order valence-electron chi connectivity index (χ4n) is 3.58. The number of carbonyl (C=O) groups is 2. The van der Waals surface area contributed by atoms with Crippen LogP contribution in [0.4, 0.5) is 0 Å². The van der Waals surface area contributed by atoms with Gasteiger partial charge in [0, 0.05) is 18.5 Å². The molecular formula is C25H26Cl3NO3. The van der Waals surface area contributed by atoms with Crippen LogP contribution in [0, 0.1) is 5.92 Å². The van der Waals surface area contributed by atoms with Gasteiger partial charge in [0.2, 0.25) is 0 Å². The maximum Gasteiger partial charge on any atom is 0.336 e. The van der Waals surface area contributed by atoms with Crippen molar-refractivity contribution >= 4 is 59.5 Å². The summed E-state index contributed by atoms with van der Waals surface area (Å²) in [4.78, 5) is 26.9. The topological polar surface area (TPSA) is 46.6 Å². The predicted molar refractivity (Wildman–Crippen MR) is 134 cm³/mol. The Bertz CT molecular complexity index is 1010. The number of hydrogen-bond acceptors (Lipinski definition) is 4. The third-order valence-electron chi connectivity index (χ3n) is 5.07. The number of nitrogens with zero attached hydrogens (tertiary/aromatic N) is 1. The molecule has 0 N–H and O–H groups in total. The standard InChI is InChI=1S/C25H25Cl2NO3.ClH/c1-28(2)16-20-5-3-4-19(25(20)30)14-17-6-10-21(11-7-17)31-24(29)13-9-18-8-12-22(26)23(27)15-18;/h6-15,20H,3-5,16H2,1-2H3;1H/b13-9+,19-14+;. The number of rotatable bonds is 6. The normalized spacial score (nSPS) is 17.6. The average Bonchev–Trinajstić information content (AvgIpc) is 2.73. The highest BCUT2D eigenvalue weighted by Crippen LogP contribution is 2.28. The predicted octanol–water partition coefficient (Wildman–Crippen LogP) is 6.35. The number of Topliss-reactive ketones (excluding diaryl/α,β-unsaturated/α-hetero) is 1. The van der Waals surface area contributed by atoms with Gasteiger partial charge in [-0.2, -0.15) is 0 Å². The van der Waals surface area contributed by atoms with E-state index in [4.69, 9.17) is 27.9 Å². The van der Waals surface area contributed by atoms with E-state index in [-0.39, 0.29) is 24.1 Å². The molecule has 1 atom stereocenters. The van der Waals surface area contributed by atoms with Gasteiger partial charge in [-0.15, -0.1) is 12.4 Å². The van der Waals surface area contributed by atoms with E-state index in [0.717, 1.165) is 42.5 Å². The average molecular weight is 495 g/mol. The first kappa shape index (κ1) is 26.1. The molecular weight excluding hydrogens is 469 g/mol. The molecule has 170 valence electrons. The molecule has 0 aromatic heterocycles. The first-order chi connectivity index (χ1) is 14.8. The Morgan fingerprint density at radius 3 is 2.44 bits per heavy atom. The number of ether oxygens (including phenoxy) is 1. The Hall–Kier alpha value is -2.11. The second-order valence-electron chi connectivity index (χ2n) is 7.88. The smallest absolute Gasteiger partial charge is 0.336 e. The van der Waals surface area contributed by atoms with E-state index in [2.05, 4.69) is 4.90 Å². The molecule has 1 aliphatic carbocycles. The highest BCUT2D eigenvalue weighted by atomic mass is 35.5. The van der Waals surface area contributed by atoms with Crippen LogP contribution in [0.25, 0.3) is 12.2 Å². The summed E-state index contributed by atoms with van der Waals surface area (Å²) in [6.45, 7) is 0.779. The van der Waals surface area contributed by atoms with Gasteiger partial charge in [-0.1, -0.05) is 41.4 Å². The highest BCUT2D eigenvalue weighted by Gasteiger charge is 2.26. The Balaban J connectivity index is 0.00000363. The van der Waals surface area contributed by atoms with E-state index in [0.29, 0.717) is 15.8 Å². The molecule has 0 amide bonds. The maximum absolute atomic E-state index is 12.7. The first-order valence-electron chi connectivity index (χ1n) is 10.2. The molecule has 7 heteroatoms. The van der Waals surface area contributed by atoms with Gasteiger partial charge in [0.25, 0.3) is 0 Å². The van der Waals surface area contributed by atoms with E-state index < -0.39 is 5.97 Å². The van der Waals surface area contributed by atoms with Gasteiger partial charge in [-0.05, 0) is 86.5 Å². The summed E-state index contributed by atoms with van der Waals surface area (Å²) >= 11 is 11.9. The minimum atomic E-state index is -0.494. The summed E-state index contributed by atoms with van der Waals surface area (Å²) in [7, 11) is 3.98. The van der Waals surface area contributed by atoms with Gasteiger partial charge in [0.05, 0.1) is 10.0 Å². The second kappa shape index (κ2) is 12.2. The van der Waals surface area contributed by atoms with Crippen molar-refractivity contribution in [2.75, 3.05) is 20.6 Å². The fourth-order valence-corrected chi connectivity index (χ4v) is 3.88. The lowest BCUT2D eigenvalue weighted by molar-refractivity contribution is -0.129. The van der Waals surface area contributed by atoms with Gasteiger partial charge in [-0.25, -0.2) is 4.79 Å². The van der Waals surface area contributed by atoms with Gasteiger partial charge >= 0.3 is 5.97 Å². The summed E-state index contributed by atoms with van der Waals surface area (Å²) in [5.74, 6) is 0.248. The number of ketones is 1. The monoisotopic (exact) mass is 493 g/mol. The third-order valence-corrected chi connectivity index (χ3v) is 5.81. The van der Waals surface area contributed by atoms with E-state index >= 15 is 0 Å². The summed E-state index contributed by atoms with van der Waals surface area (Å²) in [5, 5.41) is 0.881. The molecule has 0 aliphatic heterocycles. The maximum atomic E-state index is 12.7. The molecule has 0 saturated heterocycles. The van der Waals surface area contributed by atoms with Crippen LogP contribution in [0.5, 0.6) is 5.75 Å². The van der Waals surface area contributed by atoms with E-state index in [9.17, 15) is 9.59 Å². The molecule has 2 aromatic rings. The van der Waals surface area contributed by atoms with Gasteiger partial charge < -0.3 is 9.64 Å². The van der Waals surface area contributed by atoms with Crippen molar-refractivity contribution in [2.24, 2.45) is 5.92 Å². The van der Waals surface area contributed by atoms with E-state index in [1.165, 1.54) is 6.08 Å². The zero-order chi connectivity index (χ0) is 22.4. The number of halogens is 3. The molecule has 0 heterocycles. The molecule has 3 rings (SSSR count). The van der Waals surface area contributed by atoms with Crippen LogP contribution in [0.3, 0.4) is 0 Å². The van der Waals surface area contributed by atoms with Gasteiger partial charge in [-0.3, -0.25) is 4.79 Å². The molecule has 1 saturated carbocycles. The van der Waals surface area contributed by atoms with Crippen LogP contribution in [0.15, 0.2) is 54.1 Å². The molecule has 0 bridgehead atoms. The Labute approximate surface area is 205 Å². The minimum absolute atomic E-state index is 0. The largest absolute Gasteiger partial charge is 0.423 e. The molecule has 1 fully saturated rings. The molecule has 4 nitrogen and oxygen atoms in total. The highest BCUT2D eigenvalue weighted by molar-refractivity contribution is 6.42. The fraction of sp³-hybridized carbons (Fsp3) is 0.280. The Kier molecular flexibility index (Phi) is 9.98. The van der Waals surface area contributed by atoms with Crippen LogP contribution in [-0.2, 0) is 9.59 Å². The summed E-state index contributed by atoms with van der Waals surface area (Å²) < 4.78 is 5.34. The van der Waals surface area contributed by atoms with Crippen LogP contribution in [0.1, 0.15) is 30.4 Å². The van der Waals surface area contributed by atoms with Crippen LogP contribution >= 0.6 is 35.6 Å². The van der Waals surface area contributed by atoms with Crippen LogP contribution in [-0.4, -0.2) is 37.3 Å². The Morgan fingerprint density at radius 2 is 1.78 bits per heavy atom. The number of hydrogen-bond donors (Lipinski definition) is 0. The third kappa shape index (κ3) is 7.49. The van der Waals surface area contributed by atoms with Crippen molar-refractivity contribution in [3.63, 3.8) is 0 Å². The lowest BCUT2D eigenvalue weighted by atomic mass is 9.83. The molecule has 0 spiro atoms. The van der Waals surface area contributed by atoms with Gasteiger partial charge in [0.1, 0.15) is 5.75 Å². The van der Waals surface area contributed by atoms with Crippen molar-refractivity contribution in [2.45, 2.75) is 19.3 Å². The number of allylic oxidation sites excluding steroid dienone is 1. The van der Waals surface area contributed by atoms with Crippen LogP contribution in [0.2, 0.25) is 10.0 Å². The van der Waals surface area contributed by atoms with Crippen molar-refractivity contribution in [3.8, 4) is 5.75 Å². The first-order valence-corrected chi connectivity index (χ1v) is 10.9. The van der Waals surface area contributed by atoms with E-state index in [1.807, 2.05) is 32.3 Å². The lowest BCUT2D eigenvalue weighted by Crippen LogP contribution is -2.31. The zero-order valence-electron chi connectivity index (χ0n) is 18.0. The number of esters is 1. The van der Waals surface area contributed by atoms with Crippen molar-refractivity contribution in [1.29, 1.82) is 0 Å². The molecule has 1 aliphatic rings. The lowest BCUT2D eigenvalue weighted by Gasteiger charge is -2.25. The molecule has 32 heavy (non-hydrogen) atoms. The molecule has 1 unspecified atom stereocenters. The number of benzene rings is 2. The Morgan fingerprint density at radius 1 is 1.09 bits per heavy atom. The minimum Gasteiger partial charge on any atom is -0.423 e. The second-order valence-corrected chi connectivity index (χ2v) is 8.70. The van der Waals surface area contributed by atoms with Crippen molar-refractivity contribution in [1.82, 2.24) is 4.90 Å². The molecule has 2 aromatic carbocycles. The van der Waals surface area contributed by atoms with Crippen molar-refractivity contribution < 1.29 is 14.3 Å². The zero-order valence-corrected chi connectivity index (χ0v) is 20.3. The quantitative estimate of drug-likeness (QED) is 0.267. The summed E-state index contributed by atoms with van der Waals surface area (Å²) in [6.07, 6.45) is 7.66. The van der Waals surface area contributed by atoms with E-state index in [1.54, 1.807) is 36.4 Å². The SMILES string of the molecule is CN(C)CC1CCC/C(=C\c2ccc(OC(=O)/C=C/c3ccc(Cl)c(Cl)c3)cc2)C1=O.Cl. The van der Waals surface area contributed by atoms with Crippen molar-refractivity contribution in [3.05, 3.63) is 75.3 Å². The summed E-state index contributed by atoms with van der Waals surface area (Å²) in [5.41, 5.74) is 2.53. The number of carbonyl (C=O) groups excluding carboxylic acids is 2. The molecule has 0 radical (unpaired) electrons. The summed E-state index contributed by atoms with van der Waals surface area (Å²) in [6, 6.07) is 12.2.